The minimum absolute atomic E-state index is 0.0300. The van der Waals surface area contributed by atoms with Crippen LogP contribution < -0.4 is 14.8 Å². The fourth-order valence-corrected chi connectivity index (χ4v) is 6.00. The highest BCUT2D eigenvalue weighted by Crippen LogP contribution is 2.33. The van der Waals surface area contributed by atoms with E-state index in [-0.39, 0.29) is 22.4 Å². The first-order valence-corrected chi connectivity index (χ1v) is 15.0. The van der Waals surface area contributed by atoms with E-state index in [0.717, 1.165) is 27.8 Å². The Morgan fingerprint density at radius 1 is 0.900 bits per heavy atom. The molecule has 2 N–H and O–H groups in total. The second kappa shape index (κ2) is 11.0. The van der Waals surface area contributed by atoms with Crippen molar-refractivity contribution in [1.82, 2.24) is 15.3 Å². The first kappa shape index (κ1) is 27.8. The Labute approximate surface area is 237 Å². The number of hydrogen-bond acceptors (Lipinski definition) is 6. The lowest BCUT2D eigenvalue weighted by Gasteiger charge is -2.23. The molecule has 0 amide bonds. The molecule has 0 spiro atoms. The van der Waals surface area contributed by atoms with Gasteiger partial charge in [0, 0.05) is 24.6 Å². The maximum atomic E-state index is 13.4. The number of aryl methyl sites for hydroxylation is 2. The third-order valence-electron chi connectivity index (χ3n) is 7.20. The van der Waals surface area contributed by atoms with Crippen LogP contribution in [-0.4, -0.2) is 24.9 Å². The van der Waals surface area contributed by atoms with Crippen molar-refractivity contribution >= 4 is 16.0 Å². The first-order valence-electron chi connectivity index (χ1n) is 13.5. The Balaban J connectivity index is 1.62. The monoisotopic (exact) mass is 556 g/mol. The van der Waals surface area contributed by atoms with Gasteiger partial charge in [-0.2, -0.15) is 4.98 Å². The summed E-state index contributed by atoms with van der Waals surface area (Å²) in [5.74, 6) is 0.277. The van der Waals surface area contributed by atoms with Crippen molar-refractivity contribution in [3.8, 4) is 17.1 Å². The number of sulfonamides is 1. The van der Waals surface area contributed by atoms with Gasteiger partial charge in [-0.05, 0) is 65.8 Å². The molecule has 0 saturated carbocycles. The highest BCUT2D eigenvalue weighted by Gasteiger charge is 2.22. The molecule has 8 heteroatoms. The van der Waals surface area contributed by atoms with E-state index in [9.17, 15) is 8.42 Å². The topological polar surface area (TPSA) is 93.2 Å². The van der Waals surface area contributed by atoms with E-state index in [4.69, 9.17) is 4.74 Å². The van der Waals surface area contributed by atoms with Crippen molar-refractivity contribution in [2.24, 2.45) is 0 Å². The van der Waals surface area contributed by atoms with Gasteiger partial charge in [-0.3, -0.25) is 0 Å². The number of ether oxygens (including phenoxy) is 1. The van der Waals surface area contributed by atoms with Gasteiger partial charge in [0.1, 0.15) is 6.10 Å². The maximum absolute atomic E-state index is 13.4. The highest BCUT2D eigenvalue weighted by atomic mass is 32.2. The Bertz CT molecular complexity index is 1610. The van der Waals surface area contributed by atoms with Crippen LogP contribution in [0.15, 0.2) is 77.7 Å². The highest BCUT2D eigenvalue weighted by molar-refractivity contribution is 7.92. The quantitative estimate of drug-likeness (QED) is 0.294. The van der Waals surface area contributed by atoms with Crippen molar-refractivity contribution in [1.29, 1.82) is 0 Å². The molecule has 2 heterocycles. The van der Waals surface area contributed by atoms with Crippen molar-refractivity contribution in [3.63, 3.8) is 0 Å². The summed E-state index contributed by atoms with van der Waals surface area (Å²) in [5, 5.41) is 3.44. The van der Waals surface area contributed by atoms with E-state index < -0.39 is 10.0 Å². The second-order valence-electron chi connectivity index (χ2n) is 11.4. The lowest BCUT2D eigenvalue weighted by molar-refractivity contribution is 0.186. The lowest BCUT2D eigenvalue weighted by atomic mass is 9.86. The van der Waals surface area contributed by atoms with E-state index in [2.05, 4.69) is 65.0 Å². The molecule has 5 rings (SSSR count). The summed E-state index contributed by atoms with van der Waals surface area (Å²) in [7, 11) is -3.93. The van der Waals surface area contributed by atoms with Gasteiger partial charge >= 0.3 is 0 Å². The van der Waals surface area contributed by atoms with Crippen LogP contribution >= 0.6 is 0 Å². The predicted octanol–water partition coefficient (Wildman–Crippen LogP) is 6.47. The van der Waals surface area contributed by atoms with Gasteiger partial charge in [0.2, 0.25) is 11.8 Å². The van der Waals surface area contributed by atoms with Crippen molar-refractivity contribution in [3.05, 3.63) is 101 Å². The Morgan fingerprint density at radius 2 is 1.60 bits per heavy atom. The summed E-state index contributed by atoms with van der Waals surface area (Å²) < 4.78 is 35.9. The molecular formula is C32H36N4O3S. The molecular weight excluding hydrogens is 520 g/mol. The Morgan fingerprint density at radius 3 is 2.30 bits per heavy atom. The van der Waals surface area contributed by atoms with E-state index >= 15 is 0 Å². The normalized spacial score (nSPS) is 17.3. The summed E-state index contributed by atoms with van der Waals surface area (Å²) in [6.45, 7) is 11.8. The molecule has 1 atom stereocenters. The average molecular weight is 557 g/mol. The molecule has 4 aromatic rings. The molecule has 3 aromatic carbocycles. The molecule has 4 bridgehead atoms. The van der Waals surface area contributed by atoms with Crippen LogP contribution in [0.4, 0.5) is 5.95 Å². The van der Waals surface area contributed by atoms with Crippen molar-refractivity contribution in [2.75, 3.05) is 11.3 Å². The Hall–Kier alpha value is -3.75. The molecule has 208 valence electrons. The SMILES string of the molecule is Cc1cccc(C)c1-c1cc2nc(n1)NS(=O)(=O)c1cccc(c1)CNCCC(c1ccc(C(C)(C)C)cc1)O2. The van der Waals surface area contributed by atoms with Crippen LogP contribution in [0.3, 0.4) is 0 Å². The molecule has 7 nitrogen and oxygen atoms in total. The number of rotatable bonds is 2. The predicted molar refractivity (Wildman–Crippen MR) is 159 cm³/mol. The third-order valence-corrected chi connectivity index (χ3v) is 8.52. The zero-order valence-corrected chi connectivity index (χ0v) is 24.5. The number of aromatic nitrogens is 2. The average Bonchev–Trinajstić information content (AvgIpc) is 2.89. The summed E-state index contributed by atoms with van der Waals surface area (Å²) in [4.78, 5) is 9.33. The summed E-state index contributed by atoms with van der Waals surface area (Å²) >= 11 is 0. The van der Waals surface area contributed by atoms with Crippen molar-refractivity contribution < 1.29 is 13.2 Å². The first-order chi connectivity index (χ1) is 19.0. The summed E-state index contributed by atoms with van der Waals surface area (Å²) in [6, 6.07) is 23.2. The van der Waals surface area contributed by atoms with Crippen molar-refractivity contribution in [2.45, 2.75) is 64.0 Å². The van der Waals surface area contributed by atoms with E-state index in [1.165, 1.54) is 5.56 Å². The maximum Gasteiger partial charge on any atom is 0.264 e. The second-order valence-corrected chi connectivity index (χ2v) is 13.1. The van der Waals surface area contributed by atoms with Gasteiger partial charge in [-0.15, -0.1) is 0 Å². The molecule has 1 aromatic heterocycles. The van der Waals surface area contributed by atoms with Crippen LogP contribution in [0.1, 0.15) is 61.1 Å². The Kier molecular flexibility index (Phi) is 7.66. The van der Waals surface area contributed by atoms with Crippen LogP contribution in [-0.2, 0) is 22.0 Å². The fourth-order valence-electron chi connectivity index (χ4n) is 4.98. The number of nitrogens with one attached hydrogen (secondary N) is 2. The fraction of sp³-hybridized carbons (Fsp3) is 0.312. The van der Waals surface area contributed by atoms with Gasteiger partial charge < -0.3 is 10.1 Å². The van der Waals surface area contributed by atoms with Gasteiger partial charge in [0.25, 0.3) is 10.0 Å². The van der Waals surface area contributed by atoms with Gasteiger partial charge in [-0.25, -0.2) is 18.1 Å². The molecule has 0 fully saturated rings. The molecule has 1 aliphatic rings. The van der Waals surface area contributed by atoms with Gasteiger partial charge in [0.15, 0.2) is 0 Å². The van der Waals surface area contributed by atoms with E-state index in [1.54, 1.807) is 24.3 Å². The number of anilines is 1. The minimum atomic E-state index is -3.93. The van der Waals surface area contributed by atoms with Crippen LogP contribution in [0, 0.1) is 13.8 Å². The largest absolute Gasteiger partial charge is 0.469 e. The van der Waals surface area contributed by atoms with E-state index in [1.807, 2.05) is 38.1 Å². The number of hydrogen-bond donors (Lipinski definition) is 2. The van der Waals surface area contributed by atoms with Crippen LogP contribution in [0.2, 0.25) is 0 Å². The lowest BCUT2D eigenvalue weighted by Crippen LogP contribution is -2.22. The smallest absolute Gasteiger partial charge is 0.264 e. The van der Waals surface area contributed by atoms with Gasteiger partial charge in [0.05, 0.1) is 10.6 Å². The summed E-state index contributed by atoms with van der Waals surface area (Å²) in [5.41, 5.74) is 6.75. The van der Waals surface area contributed by atoms with E-state index in [0.29, 0.717) is 31.1 Å². The van der Waals surface area contributed by atoms with Crippen LogP contribution in [0.25, 0.3) is 11.3 Å². The molecule has 0 saturated heterocycles. The molecule has 1 aliphatic heterocycles. The number of nitrogens with zero attached hydrogens (tertiary/aromatic N) is 2. The number of benzene rings is 3. The molecule has 1 unspecified atom stereocenters. The molecule has 0 radical (unpaired) electrons. The standard InChI is InChI=1S/C32H36N4O3S/c1-21-8-6-9-22(2)30(21)27-19-29-35-31(34-27)36-40(37,38)26-11-7-10-23(18-26)20-33-17-16-28(39-29)24-12-14-25(15-13-24)32(3,4)5/h6-15,18-19,28,33H,16-17,20H2,1-5H3,(H,34,35,36). The van der Waals surface area contributed by atoms with Crippen LogP contribution in [0.5, 0.6) is 5.88 Å². The summed E-state index contributed by atoms with van der Waals surface area (Å²) in [6.07, 6.45) is 0.388. The van der Waals surface area contributed by atoms with Gasteiger partial charge in [-0.1, -0.05) is 75.4 Å². The zero-order valence-electron chi connectivity index (χ0n) is 23.7. The number of fused-ring (bicyclic) bond motifs is 4. The minimum Gasteiger partial charge on any atom is -0.469 e. The molecule has 40 heavy (non-hydrogen) atoms. The zero-order chi connectivity index (χ0) is 28.5. The molecule has 0 aliphatic carbocycles. The third kappa shape index (κ3) is 6.18.